The predicted octanol–water partition coefficient (Wildman–Crippen LogP) is 4.36. The van der Waals surface area contributed by atoms with Gasteiger partial charge in [0.25, 0.3) is 11.7 Å². The zero-order chi connectivity index (χ0) is 50.2. The van der Waals surface area contributed by atoms with Crippen molar-refractivity contribution in [3.05, 3.63) is 47.6 Å². The summed E-state index contributed by atoms with van der Waals surface area (Å²) in [7, 11) is 0.407. The number of amides is 1. The molecule has 3 heterocycles. The van der Waals surface area contributed by atoms with E-state index in [1.165, 1.54) is 14.2 Å². The number of nitrogens with zero attached hydrogens (tertiary/aromatic N) is 1. The van der Waals surface area contributed by atoms with E-state index < -0.39 is 82.0 Å². The van der Waals surface area contributed by atoms with E-state index in [0.29, 0.717) is 68.9 Å². The Labute approximate surface area is 403 Å². The molecule has 0 aromatic carbocycles. The molecule has 2 saturated heterocycles. The minimum absolute atomic E-state index is 0.0134. The highest BCUT2D eigenvalue weighted by Gasteiger charge is 2.53. The Bertz CT molecular complexity index is 1950. The molecular weight excluding hydrogens is 901 g/mol. The lowest BCUT2D eigenvalue weighted by molar-refractivity contribution is -0.264. The van der Waals surface area contributed by atoms with E-state index in [0.717, 1.165) is 4.90 Å². The molecule has 384 valence electrons. The molecule has 2 bridgehead atoms. The summed E-state index contributed by atoms with van der Waals surface area (Å²) in [4.78, 5) is 71.0. The summed E-state index contributed by atoms with van der Waals surface area (Å²) in [6.45, 7) is 6.79. The zero-order valence-electron chi connectivity index (χ0n) is 41.1. The van der Waals surface area contributed by atoms with Gasteiger partial charge in [-0.25, -0.2) is 17.9 Å². The molecule has 3 aliphatic heterocycles. The van der Waals surface area contributed by atoms with Crippen LogP contribution in [0.3, 0.4) is 0 Å². The third kappa shape index (κ3) is 16.3. The average molecular weight is 979 g/mol. The maximum atomic E-state index is 14.3. The quantitative estimate of drug-likeness (QED) is 0.135. The fourth-order valence-corrected chi connectivity index (χ4v) is 10.9. The Morgan fingerprint density at radius 2 is 1.68 bits per heavy atom. The predicted molar refractivity (Wildman–Crippen MR) is 253 cm³/mol. The van der Waals surface area contributed by atoms with E-state index in [9.17, 15) is 47.7 Å². The van der Waals surface area contributed by atoms with Gasteiger partial charge in [0.2, 0.25) is 15.8 Å². The Hall–Kier alpha value is -3.46. The topological polar surface area (TPSA) is 242 Å². The van der Waals surface area contributed by atoms with E-state index in [-0.39, 0.29) is 86.9 Å². The lowest BCUT2D eigenvalue weighted by Gasteiger charge is -2.43. The first-order valence-corrected chi connectivity index (χ1v) is 26.0. The lowest BCUT2D eigenvalue weighted by Crippen LogP contribution is -2.61. The summed E-state index contributed by atoms with van der Waals surface area (Å²) in [5, 5.41) is 33.7. The van der Waals surface area contributed by atoms with Crippen molar-refractivity contribution < 1.29 is 71.4 Å². The molecule has 4 N–H and O–H groups in total. The minimum atomic E-state index is -3.87. The van der Waals surface area contributed by atoms with Gasteiger partial charge in [0.15, 0.2) is 5.78 Å². The molecule has 3 fully saturated rings. The van der Waals surface area contributed by atoms with Crippen LogP contribution in [0.2, 0.25) is 0 Å². The number of methoxy groups -OCH3 is 3. The summed E-state index contributed by atoms with van der Waals surface area (Å²) in [5.74, 6) is -7.76. The van der Waals surface area contributed by atoms with E-state index >= 15 is 0 Å². The number of carbonyl (C=O) groups excluding carboxylic acids is 5. The number of ether oxygens (including phenoxy) is 5. The van der Waals surface area contributed by atoms with Gasteiger partial charge in [-0.15, -0.1) is 0 Å². The molecule has 12 atom stereocenters. The van der Waals surface area contributed by atoms with Gasteiger partial charge >= 0.3 is 5.97 Å². The molecule has 0 aromatic heterocycles. The SMILES string of the molecule is COCCS(=O)(=O)N[C@@H]1C[C@@H]2CC[C@@H](C)[C@@](O)(O2)C(=O)C(=O)N2CCCC[C@H]2C(=O)O[C@H]([C@H](C)C[C@@H]2CC[C@@H](O)[C@H](OC)C2)CC(=O)C/C=C(\C)[C@@H](O)[C@@H](OC)C(=O)CCC/C=C/C=CC=C1C. The first-order valence-electron chi connectivity index (χ1n) is 24.3. The molecule has 17 nitrogen and oxygen atoms in total. The van der Waals surface area contributed by atoms with Crippen molar-refractivity contribution in [1.29, 1.82) is 0 Å². The Morgan fingerprint density at radius 1 is 0.926 bits per heavy atom. The number of nitrogens with one attached hydrogen (secondary N) is 1. The van der Waals surface area contributed by atoms with Crippen molar-refractivity contribution in [3.8, 4) is 0 Å². The summed E-state index contributed by atoms with van der Waals surface area (Å²) >= 11 is 0. The van der Waals surface area contributed by atoms with E-state index in [2.05, 4.69) is 4.72 Å². The summed E-state index contributed by atoms with van der Waals surface area (Å²) in [5.41, 5.74) is 0.965. The summed E-state index contributed by atoms with van der Waals surface area (Å²) in [6, 6.07) is -2.04. The monoisotopic (exact) mass is 979 g/mol. The van der Waals surface area contributed by atoms with E-state index in [1.807, 2.05) is 13.0 Å². The van der Waals surface area contributed by atoms with Crippen molar-refractivity contribution in [2.75, 3.05) is 40.2 Å². The van der Waals surface area contributed by atoms with Crippen LogP contribution in [-0.2, 0) is 57.7 Å². The number of allylic oxidation sites excluding steroid dienone is 6. The molecule has 4 rings (SSSR count). The molecule has 0 radical (unpaired) electrons. The summed E-state index contributed by atoms with van der Waals surface area (Å²) in [6.07, 6.45) is 10.1. The molecule has 1 aliphatic carbocycles. The lowest BCUT2D eigenvalue weighted by atomic mass is 9.78. The molecule has 68 heavy (non-hydrogen) atoms. The molecule has 1 amide bonds. The Balaban J connectivity index is 1.69. The molecule has 1 saturated carbocycles. The van der Waals surface area contributed by atoms with Crippen molar-refractivity contribution in [2.24, 2.45) is 17.8 Å². The maximum absolute atomic E-state index is 14.3. The largest absolute Gasteiger partial charge is 0.460 e. The highest BCUT2D eigenvalue weighted by atomic mass is 32.2. The standard InChI is InChI=1S/C50H78N2O15S/c1-32-16-12-10-8-9-11-13-18-42(55)46(65-7)45(56)33(2)19-22-37(53)30-43(34(3)28-36-21-24-41(54)44(29-36)64-6)66-49(59)40-17-14-15-25-52(40)48(58)47(57)50(60)35(4)20-23-38(67-50)31-39(32)51-68(61,62)27-26-63-5/h8-10,12,16,19,34-36,38-41,43-46,51,54,56,60H,11,13-15,17-18,20-31H2,1-7H3/b9-8+,12-10?,32-16?,33-19+/t34-,35-,36+,38+,39-,40+,41-,43+,44-,45-,46+,50-/m1/s1. The molecule has 0 unspecified atom stereocenters. The molecule has 0 aromatic rings. The summed E-state index contributed by atoms with van der Waals surface area (Å²) < 4.78 is 57.3. The number of carbonyl (C=O) groups is 5. The normalized spacial score (nSPS) is 34.9. The first-order chi connectivity index (χ1) is 32.2. The van der Waals surface area contributed by atoms with Gasteiger partial charge in [-0.1, -0.05) is 55.9 Å². The number of fused-ring (bicyclic) bond motifs is 3. The second-order valence-corrected chi connectivity index (χ2v) is 21.1. The van der Waals surface area contributed by atoms with Gasteiger partial charge in [0, 0.05) is 59.1 Å². The number of ketones is 3. The molecule has 18 heteroatoms. The van der Waals surface area contributed by atoms with Gasteiger partial charge < -0.3 is 43.9 Å². The van der Waals surface area contributed by atoms with Gasteiger partial charge in [0.1, 0.15) is 30.1 Å². The smallest absolute Gasteiger partial charge is 0.329 e. The van der Waals surface area contributed by atoms with Crippen LogP contribution in [-0.4, -0.2) is 153 Å². The van der Waals surface area contributed by atoms with Gasteiger partial charge in [-0.3, -0.25) is 19.2 Å². The van der Waals surface area contributed by atoms with Gasteiger partial charge in [-0.05, 0) is 108 Å². The number of rotatable bonds is 10. The fourth-order valence-electron chi connectivity index (χ4n) is 9.67. The number of hydrogen-bond donors (Lipinski definition) is 4. The minimum Gasteiger partial charge on any atom is -0.460 e. The van der Waals surface area contributed by atoms with Crippen LogP contribution in [0.1, 0.15) is 124 Å². The van der Waals surface area contributed by atoms with Crippen LogP contribution in [0, 0.1) is 17.8 Å². The third-order valence-electron chi connectivity index (χ3n) is 14.1. The van der Waals surface area contributed by atoms with Crippen LogP contribution in [0.5, 0.6) is 0 Å². The second kappa shape index (κ2) is 27.2. The van der Waals surface area contributed by atoms with Crippen LogP contribution in [0.4, 0.5) is 0 Å². The zero-order valence-corrected chi connectivity index (χ0v) is 42.0. The average Bonchev–Trinajstić information content (AvgIpc) is 3.31. The van der Waals surface area contributed by atoms with E-state index in [1.54, 1.807) is 58.3 Å². The molecule has 4 aliphatic rings. The Morgan fingerprint density at radius 3 is 2.38 bits per heavy atom. The first kappa shape index (κ1) is 57.1. The Kier molecular flexibility index (Phi) is 22.9. The van der Waals surface area contributed by atoms with E-state index in [4.69, 9.17) is 23.7 Å². The molecular formula is C50H78N2O15S. The fraction of sp³-hybridized carbons (Fsp3) is 0.740. The van der Waals surface area contributed by atoms with Crippen molar-refractivity contribution >= 4 is 39.2 Å². The van der Waals surface area contributed by atoms with Crippen LogP contribution >= 0.6 is 0 Å². The number of Topliss-reactive ketones (excluding diaryl/α,β-unsaturated/α-hetero) is 3. The van der Waals surface area contributed by atoms with Crippen LogP contribution in [0.25, 0.3) is 0 Å². The number of aliphatic hydroxyl groups excluding tert-OH is 2. The number of esters is 1. The third-order valence-corrected chi connectivity index (χ3v) is 15.5. The molecule has 0 spiro atoms. The number of aliphatic hydroxyl groups is 3. The number of hydrogen-bond acceptors (Lipinski definition) is 15. The van der Waals surface area contributed by atoms with Crippen LogP contribution < -0.4 is 4.72 Å². The van der Waals surface area contributed by atoms with Gasteiger partial charge in [0.05, 0.1) is 30.7 Å². The second-order valence-electron chi connectivity index (χ2n) is 19.3. The number of sulfonamides is 1. The maximum Gasteiger partial charge on any atom is 0.329 e. The van der Waals surface area contributed by atoms with Crippen molar-refractivity contribution in [2.45, 2.75) is 179 Å². The van der Waals surface area contributed by atoms with Crippen LogP contribution in [0.15, 0.2) is 47.6 Å². The highest BCUT2D eigenvalue weighted by Crippen LogP contribution is 2.37. The number of cyclic esters (lactones) is 1. The van der Waals surface area contributed by atoms with Crippen molar-refractivity contribution in [1.82, 2.24) is 9.62 Å². The number of piperidine rings is 1. The van der Waals surface area contributed by atoms with Gasteiger partial charge in [-0.2, -0.15) is 0 Å². The van der Waals surface area contributed by atoms with Crippen molar-refractivity contribution in [3.63, 3.8) is 0 Å². The highest BCUT2D eigenvalue weighted by molar-refractivity contribution is 7.89.